The summed E-state index contributed by atoms with van der Waals surface area (Å²) in [5.41, 5.74) is 0.275. The molecule has 2 nitrogen and oxygen atoms in total. The second-order valence-electron chi connectivity index (χ2n) is 4.94. The topological polar surface area (TPSA) is 23.5 Å². The number of rotatable bonds is 3. The van der Waals surface area contributed by atoms with E-state index in [-0.39, 0.29) is 5.54 Å². The van der Waals surface area contributed by atoms with Gasteiger partial charge in [-0.2, -0.15) is 0 Å². The normalized spacial score (nSPS) is 28.6. The minimum absolute atomic E-state index is 0.275. The van der Waals surface area contributed by atoms with Gasteiger partial charge in [0.05, 0.1) is 0 Å². The van der Waals surface area contributed by atoms with Crippen molar-refractivity contribution in [1.82, 2.24) is 4.90 Å². The van der Waals surface area contributed by atoms with E-state index in [1.54, 1.807) is 0 Å². The number of likely N-dealkylation sites (tertiary alicyclic amines) is 1. The maximum atomic E-state index is 8.97. The summed E-state index contributed by atoms with van der Waals surface area (Å²) in [7, 11) is 0. The number of aliphatic hydroxyl groups excluding tert-OH is 1. The Hall–Kier alpha value is -0.0800. The molecule has 0 spiro atoms. The van der Waals surface area contributed by atoms with Gasteiger partial charge in [0.25, 0.3) is 0 Å². The van der Waals surface area contributed by atoms with Gasteiger partial charge >= 0.3 is 0 Å². The molecule has 0 aliphatic carbocycles. The third-order valence-corrected chi connectivity index (χ3v) is 3.56. The van der Waals surface area contributed by atoms with Crippen molar-refractivity contribution in [2.45, 2.75) is 52.1 Å². The first-order valence-corrected chi connectivity index (χ1v) is 5.37. The monoisotopic (exact) mass is 185 g/mol. The zero-order valence-corrected chi connectivity index (χ0v) is 9.38. The molecule has 0 aromatic carbocycles. The Morgan fingerprint density at radius 1 is 1.46 bits per heavy atom. The fourth-order valence-corrected chi connectivity index (χ4v) is 2.75. The van der Waals surface area contributed by atoms with Crippen LogP contribution in [0.25, 0.3) is 0 Å². The van der Waals surface area contributed by atoms with E-state index in [0.29, 0.717) is 18.6 Å². The van der Waals surface area contributed by atoms with Crippen LogP contribution in [0.5, 0.6) is 0 Å². The quantitative estimate of drug-likeness (QED) is 0.725. The van der Waals surface area contributed by atoms with Crippen molar-refractivity contribution in [3.63, 3.8) is 0 Å². The second kappa shape index (κ2) is 3.97. The van der Waals surface area contributed by atoms with Gasteiger partial charge in [-0.1, -0.05) is 0 Å². The molecule has 1 atom stereocenters. The summed E-state index contributed by atoms with van der Waals surface area (Å²) in [6.45, 7) is 10.6. The second-order valence-corrected chi connectivity index (χ2v) is 4.94. The molecule has 1 rings (SSSR count). The van der Waals surface area contributed by atoms with Crippen molar-refractivity contribution in [3.8, 4) is 0 Å². The summed E-state index contributed by atoms with van der Waals surface area (Å²) in [4.78, 5) is 2.55. The molecular weight excluding hydrogens is 162 g/mol. The largest absolute Gasteiger partial charge is 0.396 e. The number of hydrogen-bond donors (Lipinski definition) is 1. The van der Waals surface area contributed by atoms with E-state index in [0.717, 1.165) is 6.42 Å². The van der Waals surface area contributed by atoms with E-state index in [1.807, 2.05) is 0 Å². The average Bonchev–Trinajstić information content (AvgIpc) is 2.28. The Morgan fingerprint density at radius 2 is 2.08 bits per heavy atom. The Morgan fingerprint density at radius 3 is 2.46 bits per heavy atom. The van der Waals surface area contributed by atoms with Crippen molar-refractivity contribution in [3.05, 3.63) is 0 Å². The third kappa shape index (κ3) is 2.05. The molecule has 1 saturated heterocycles. The summed E-state index contributed by atoms with van der Waals surface area (Å²) in [6, 6.07) is 0.624. The van der Waals surface area contributed by atoms with Crippen molar-refractivity contribution in [2.24, 2.45) is 5.92 Å². The molecule has 0 saturated carbocycles. The smallest absolute Gasteiger partial charge is 0.0434 e. The summed E-state index contributed by atoms with van der Waals surface area (Å²) in [6.07, 6.45) is 2.20. The zero-order valence-electron chi connectivity index (χ0n) is 9.38. The molecule has 0 aromatic heterocycles. The molecule has 78 valence electrons. The number of aliphatic hydroxyl groups is 1. The molecule has 13 heavy (non-hydrogen) atoms. The van der Waals surface area contributed by atoms with Crippen LogP contribution in [-0.2, 0) is 0 Å². The lowest BCUT2D eigenvalue weighted by Gasteiger charge is -2.38. The van der Waals surface area contributed by atoms with Gasteiger partial charge in [-0.25, -0.2) is 0 Å². The molecule has 0 bridgehead atoms. The predicted molar refractivity (Wildman–Crippen MR) is 55.7 cm³/mol. The standard InChI is InChI=1S/C11H23NO/c1-9(2)12-7-5-10(6-8-13)11(12,3)4/h9-10,13H,5-8H2,1-4H3. The fraction of sp³-hybridized carbons (Fsp3) is 1.00. The van der Waals surface area contributed by atoms with E-state index in [9.17, 15) is 0 Å². The molecule has 0 radical (unpaired) electrons. The lowest BCUT2D eigenvalue weighted by Crippen LogP contribution is -2.46. The Bertz CT molecular complexity index is 165. The van der Waals surface area contributed by atoms with Crippen LogP contribution < -0.4 is 0 Å². The molecule has 1 heterocycles. The van der Waals surface area contributed by atoms with Crippen LogP contribution in [0.1, 0.15) is 40.5 Å². The van der Waals surface area contributed by atoms with E-state index < -0.39 is 0 Å². The van der Waals surface area contributed by atoms with E-state index in [2.05, 4.69) is 32.6 Å². The maximum Gasteiger partial charge on any atom is 0.0434 e. The minimum atomic E-state index is 0.275. The highest BCUT2D eigenvalue weighted by Crippen LogP contribution is 2.37. The van der Waals surface area contributed by atoms with Crippen LogP contribution in [0.3, 0.4) is 0 Å². The van der Waals surface area contributed by atoms with Gasteiger partial charge in [-0.05, 0) is 53.0 Å². The van der Waals surface area contributed by atoms with Gasteiger partial charge in [0.2, 0.25) is 0 Å². The van der Waals surface area contributed by atoms with Crippen LogP contribution in [-0.4, -0.2) is 34.7 Å². The Balaban J connectivity index is 2.65. The van der Waals surface area contributed by atoms with Gasteiger partial charge in [-0.3, -0.25) is 4.90 Å². The molecule has 1 fully saturated rings. The molecule has 0 amide bonds. The van der Waals surface area contributed by atoms with Gasteiger partial charge in [0, 0.05) is 18.2 Å². The van der Waals surface area contributed by atoms with E-state index in [4.69, 9.17) is 5.11 Å². The fourth-order valence-electron chi connectivity index (χ4n) is 2.75. The molecule has 1 unspecified atom stereocenters. The molecule has 0 aromatic rings. The van der Waals surface area contributed by atoms with Crippen molar-refractivity contribution < 1.29 is 5.11 Å². The van der Waals surface area contributed by atoms with Crippen molar-refractivity contribution in [2.75, 3.05) is 13.2 Å². The van der Waals surface area contributed by atoms with E-state index in [1.165, 1.54) is 13.0 Å². The summed E-state index contributed by atoms with van der Waals surface area (Å²) < 4.78 is 0. The van der Waals surface area contributed by atoms with Crippen LogP contribution in [0.2, 0.25) is 0 Å². The first kappa shape index (κ1) is 11.0. The Labute approximate surface area is 81.9 Å². The summed E-state index contributed by atoms with van der Waals surface area (Å²) >= 11 is 0. The average molecular weight is 185 g/mol. The molecule has 1 aliphatic rings. The highest BCUT2D eigenvalue weighted by atomic mass is 16.3. The first-order chi connectivity index (χ1) is 6.00. The van der Waals surface area contributed by atoms with Crippen molar-refractivity contribution in [1.29, 1.82) is 0 Å². The molecule has 1 N–H and O–H groups in total. The number of nitrogens with zero attached hydrogens (tertiary/aromatic N) is 1. The van der Waals surface area contributed by atoms with Crippen molar-refractivity contribution >= 4 is 0 Å². The molecule has 1 aliphatic heterocycles. The molecular formula is C11H23NO. The van der Waals surface area contributed by atoms with Gasteiger partial charge in [-0.15, -0.1) is 0 Å². The van der Waals surface area contributed by atoms with Gasteiger partial charge in [0.15, 0.2) is 0 Å². The first-order valence-electron chi connectivity index (χ1n) is 5.37. The lowest BCUT2D eigenvalue weighted by atomic mass is 9.85. The van der Waals surface area contributed by atoms with Crippen LogP contribution in [0, 0.1) is 5.92 Å². The highest BCUT2D eigenvalue weighted by Gasteiger charge is 2.41. The molecule has 2 heteroatoms. The van der Waals surface area contributed by atoms with Crippen LogP contribution >= 0.6 is 0 Å². The SMILES string of the molecule is CC(C)N1CCC(CCO)C1(C)C. The van der Waals surface area contributed by atoms with Crippen LogP contribution in [0.15, 0.2) is 0 Å². The third-order valence-electron chi connectivity index (χ3n) is 3.56. The predicted octanol–water partition coefficient (Wildman–Crippen LogP) is 1.88. The highest BCUT2D eigenvalue weighted by molar-refractivity contribution is 4.96. The van der Waals surface area contributed by atoms with Gasteiger partial charge < -0.3 is 5.11 Å². The summed E-state index contributed by atoms with van der Waals surface area (Å²) in [5, 5.41) is 8.97. The Kier molecular flexibility index (Phi) is 3.36. The number of hydrogen-bond acceptors (Lipinski definition) is 2. The van der Waals surface area contributed by atoms with Crippen LogP contribution in [0.4, 0.5) is 0 Å². The van der Waals surface area contributed by atoms with E-state index >= 15 is 0 Å². The minimum Gasteiger partial charge on any atom is -0.396 e. The van der Waals surface area contributed by atoms with Gasteiger partial charge in [0.1, 0.15) is 0 Å². The lowest BCUT2D eigenvalue weighted by molar-refractivity contribution is 0.0931. The summed E-state index contributed by atoms with van der Waals surface area (Å²) in [5.74, 6) is 0.667. The zero-order chi connectivity index (χ0) is 10.1. The maximum absolute atomic E-state index is 8.97.